The van der Waals surface area contributed by atoms with Crippen LogP contribution in [0.5, 0.6) is 17.2 Å². The van der Waals surface area contributed by atoms with E-state index in [0.29, 0.717) is 29.4 Å². The summed E-state index contributed by atoms with van der Waals surface area (Å²) in [6.45, 7) is 2.23. The molecule has 0 aliphatic heterocycles. The van der Waals surface area contributed by atoms with E-state index < -0.39 is 11.6 Å². The highest BCUT2D eigenvalue weighted by Crippen LogP contribution is 2.39. The minimum Gasteiger partial charge on any atom is -0.493 e. The summed E-state index contributed by atoms with van der Waals surface area (Å²) < 4.78 is 42.9. The van der Waals surface area contributed by atoms with Gasteiger partial charge < -0.3 is 19.5 Å². The molecule has 0 radical (unpaired) electrons. The van der Waals surface area contributed by atoms with Crippen molar-refractivity contribution in [1.82, 2.24) is 5.32 Å². The van der Waals surface area contributed by atoms with Crippen molar-refractivity contribution in [1.29, 1.82) is 0 Å². The number of ether oxygens (including phenoxy) is 3. The molecule has 0 saturated carbocycles. The van der Waals surface area contributed by atoms with Crippen molar-refractivity contribution in [3.8, 4) is 17.2 Å². The zero-order valence-corrected chi connectivity index (χ0v) is 15.4. The van der Waals surface area contributed by atoms with Gasteiger partial charge in [-0.2, -0.15) is 0 Å². The first-order chi connectivity index (χ1) is 11.5. The molecule has 0 aliphatic rings. The molecule has 0 heterocycles. The van der Waals surface area contributed by atoms with E-state index in [1.54, 1.807) is 20.3 Å². The number of nitrogens with one attached hydrogen (secondary N) is 1. The van der Waals surface area contributed by atoms with Crippen molar-refractivity contribution in [2.24, 2.45) is 0 Å². The largest absolute Gasteiger partial charge is 0.493 e. The monoisotopic (exact) mass is 373 g/mol. The summed E-state index contributed by atoms with van der Waals surface area (Å²) in [5.74, 6) is 0.450. The van der Waals surface area contributed by atoms with Crippen molar-refractivity contribution in [3.05, 3.63) is 53.1 Å². The van der Waals surface area contributed by atoms with Crippen molar-refractivity contribution >= 4 is 12.4 Å². The van der Waals surface area contributed by atoms with Crippen LogP contribution in [0.25, 0.3) is 0 Å². The molecule has 1 atom stereocenters. The van der Waals surface area contributed by atoms with Gasteiger partial charge in [-0.25, -0.2) is 8.78 Å². The van der Waals surface area contributed by atoms with Crippen molar-refractivity contribution in [2.75, 3.05) is 21.3 Å². The molecule has 0 aromatic heterocycles. The van der Waals surface area contributed by atoms with Gasteiger partial charge in [0.1, 0.15) is 11.6 Å². The molecule has 2 aromatic rings. The first-order valence-electron chi connectivity index (χ1n) is 7.48. The van der Waals surface area contributed by atoms with E-state index in [-0.39, 0.29) is 18.4 Å². The molecular weight excluding hydrogens is 352 g/mol. The molecule has 2 aromatic carbocycles. The third-order valence-corrected chi connectivity index (χ3v) is 3.81. The maximum atomic E-state index is 13.8. The van der Waals surface area contributed by atoms with Crippen LogP contribution in [0.4, 0.5) is 8.78 Å². The molecular formula is C18H22ClF2NO3. The highest BCUT2D eigenvalue weighted by Gasteiger charge is 2.17. The second kappa shape index (κ2) is 9.44. The summed E-state index contributed by atoms with van der Waals surface area (Å²) in [7, 11) is 4.63. The van der Waals surface area contributed by atoms with Gasteiger partial charge in [0, 0.05) is 29.8 Å². The summed E-state index contributed by atoms with van der Waals surface area (Å²) in [4.78, 5) is 0. The Hall–Kier alpha value is -2.05. The maximum absolute atomic E-state index is 13.8. The van der Waals surface area contributed by atoms with E-state index in [4.69, 9.17) is 14.2 Å². The first kappa shape index (κ1) is 21.0. The fourth-order valence-corrected chi connectivity index (χ4v) is 2.53. The number of benzene rings is 2. The minimum atomic E-state index is -0.593. The lowest BCUT2D eigenvalue weighted by atomic mass is 10.1. The van der Waals surface area contributed by atoms with Gasteiger partial charge in [0.25, 0.3) is 0 Å². The summed E-state index contributed by atoms with van der Waals surface area (Å²) in [6.07, 6.45) is 0. The second-order valence-electron chi connectivity index (χ2n) is 5.26. The zero-order chi connectivity index (χ0) is 17.7. The van der Waals surface area contributed by atoms with E-state index in [1.165, 1.54) is 19.2 Å². The average Bonchev–Trinajstić information content (AvgIpc) is 2.58. The van der Waals surface area contributed by atoms with Crippen LogP contribution in [-0.2, 0) is 6.54 Å². The van der Waals surface area contributed by atoms with Gasteiger partial charge in [-0.15, -0.1) is 12.4 Å². The maximum Gasteiger partial charge on any atom is 0.203 e. The molecule has 0 spiro atoms. The fraction of sp³-hybridized carbons (Fsp3) is 0.333. The summed E-state index contributed by atoms with van der Waals surface area (Å²) in [5.41, 5.74) is 1.24. The number of hydrogen-bond donors (Lipinski definition) is 1. The Morgan fingerprint density at radius 2 is 1.64 bits per heavy atom. The van der Waals surface area contributed by atoms with Crippen molar-refractivity contribution < 1.29 is 23.0 Å². The lowest BCUT2D eigenvalue weighted by Gasteiger charge is -2.19. The molecule has 1 N–H and O–H groups in total. The van der Waals surface area contributed by atoms with Crippen LogP contribution in [0.1, 0.15) is 24.1 Å². The molecule has 0 saturated heterocycles. The fourth-order valence-electron chi connectivity index (χ4n) is 2.53. The molecule has 0 fully saturated rings. The molecule has 0 amide bonds. The molecule has 138 valence electrons. The van der Waals surface area contributed by atoms with Gasteiger partial charge in [-0.05, 0) is 19.1 Å². The third kappa shape index (κ3) is 4.74. The predicted molar refractivity (Wildman–Crippen MR) is 95.0 cm³/mol. The summed E-state index contributed by atoms with van der Waals surface area (Å²) in [5, 5.41) is 3.20. The normalized spacial score (nSPS) is 11.4. The standard InChI is InChI=1S/C18H21F2NO3.ClH/c1-11(14-7-6-13(19)9-15(14)20)21-10-12-5-8-16(22-2)18(24-4)17(12)23-3;/h5-9,11,21H,10H2,1-4H3;1H. The molecule has 4 nitrogen and oxygen atoms in total. The first-order valence-corrected chi connectivity index (χ1v) is 7.48. The van der Waals surface area contributed by atoms with Crippen LogP contribution in [0.15, 0.2) is 30.3 Å². The van der Waals surface area contributed by atoms with Crippen molar-refractivity contribution in [2.45, 2.75) is 19.5 Å². The number of halogens is 3. The molecule has 25 heavy (non-hydrogen) atoms. The summed E-state index contributed by atoms with van der Waals surface area (Å²) >= 11 is 0. The number of rotatable bonds is 7. The van der Waals surface area contributed by atoms with Crippen LogP contribution >= 0.6 is 12.4 Å². The van der Waals surface area contributed by atoms with Crippen molar-refractivity contribution in [3.63, 3.8) is 0 Å². The average molecular weight is 374 g/mol. The molecule has 0 aliphatic carbocycles. The van der Waals surface area contributed by atoms with Gasteiger partial charge in [0.15, 0.2) is 11.5 Å². The van der Waals surface area contributed by atoms with E-state index in [9.17, 15) is 8.78 Å². The van der Waals surface area contributed by atoms with E-state index >= 15 is 0 Å². The van der Waals surface area contributed by atoms with Gasteiger partial charge in [0.05, 0.1) is 21.3 Å². The van der Waals surface area contributed by atoms with Crippen LogP contribution in [0, 0.1) is 11.6 Å². The van der Waals surface area contributed by atoms with E-state index in [2.05, 4.69) is 5.32 Å². The summed E-state index contributed by atoms with van der Waals surface area (Å²) in [6, 6.07) is 6.89. The van der Waals surface area contributed by atoms with Gasteiger partial charge in [-0.3, -0.25) is 0 Å². The Balaban J connectivity index is 0.00000312. The predicted octanol–water partition coefficient (Wildman–Crippen LogP) is 4.26. The third-order valence-electron chi connectivity index (χ3n) is 3.81. The zero-order valence-electron chi connectivity index (χ0n) is 14.6. The van der Waals surface area contributed by atoms with Crippen LogP contribution < -0.4 is 19.5 Å². The molecule has 2 rings (SSSR count). The number of hydrogen-bond acceptors (Lipinski definition) is 4. The topological polar surface area (TPSA) is 39.7 Å². The highest BCUT2D eigenvalue weighted by molar-refractivity contribution is 5.85. The second-order valence-corrected chi connectivity index (χ2v) is 5.26. The lowest BCUT2D eigenvalue weighted by molar-refractivity contribution is 0.321. The van der Waals surface area contributed by atoms with Gasteiger partial charge in [-0.1, -0.05) is 12.1 Å². The Bertz CT molecular complexity index is 713. The smallest absolute Gasteiger partial charge is 0.203 e. The molecule has 1 unspecified atom stereocenters. The Morgan fingerprint density at radius 3 is 2.20 bits per heavy atom. The minimum absolute atomic E-state index is 0. The quantitative estimate of drug-likeness (QED) is 0.787. The van der Waals surface area contributed by atoms with Crippen LogP contribution in [0.3, 0.4) is 0 Å². The Morgan fingerprint density at radius 1 is 0.960 bits per heavy atom. The highest BCUT2D eigenvalue weighted by atomic mass is 35.5. The van der Waals surface area contributed by atoms with E-state index in [0.717, 1.165) is 11.6 Å². The molecule has 0 bridgehead atoms. The lowest BCUT2D eigenvalue weighted by Crippen LogP contribution is -2.19. The van der Waals surface area contributed by atoms with Crippen LogP contribution in [0.2, 0.25) is 0 Å². The Labute approximate surface area is 152 Å². The van der Waals surface area contributed by atoms with Gasteiger partial charge in [0.2, 0.25) is 5.75 Å². The molecule has 7 heteroatoms. The SMILES string of the molecule is COc1ccc(CNC(C)c2ccc(F)cc2F)c(OC)c1OC.Cl. The van der Waals surface area contributed by atoms with Crippen LogP contribution in [-0.4, -0.2) is 21.3 Å². The number of methoxy groups -OCH3 is 3. The Kier molecular flexibility index (Phi) is 7.93. The van der Waals surface area contributed by atoms with Gasteiger partial charge >= 0.3 is 0 Å². The van der Waals surface area contributed by atoms with E-state index in [1.807, 2.05) is 13.0 Å².